The minimum Gasteiger partial charge on any atom is -0.324 e. The van der Waals surface area contributed by atoms with E-state index in [4.69, 9.17) is 4.52 Å². The van der Waals surface area contributed by atoms with Crippen LogP contribution in [0.15, 0.2) is 12.7 Å². The zero-order valence-electron chi connectivity index (χ0n) is 9.82. The predicted molar refractivity (Wildman–Crippen MR) is 64.2 cm³/mol. The summed E-state index contributed by atoms with van der Waals surface area (Å²) in [5.74, 6) is 0. The standard InChI is InChI=1S/C11H23O3P/c1-4-7-9-11(8-5-2)14-15(12,13)10-6-3/h6,11H,3-5,7-10H2,1-2H3,(H,12,13). The average molecular weight is 234 g/mol. The summed E-state index contributed by atoms with van der Waals surface area (Å²) in [6, 6.07) is 0. The molecule has 15 heavy (non-hydrogen) atoms. The zero-order valence-corrected chi connectivity index (χ0v) is 10.7. The van der Waals surface area contributed by atoms with Gasteiger partial charge in [0.2, 0.25) is 0 Å². The Morgan fingerprint density at radius 1 is 1.40 bits per heavy atom. The van der Waals surface area contributed by atoms with Crippen molar-refractivity contribution in [1.29, 1.82) is 0 Å². The summed E-state index contributed by atoms with van der Waals surface area (Å²) < 4.78 is 16.8. The second kappa shape index (κ2) is 8.09. The van der Waals surface area contributed by atoms with Gasteiger partial charge in [-0.2, -0.15) is 0 Å². The maximum atomic E-state index is 11.5. The first-order valence-electron chi connectivity index (χ1n) is 5.66. The largest absolute Gasteiger partial charge is 0.332 e. The molecule has 0 amide bonds. The van der Waals surface area contributed by atoms with Crippen molar-refractivity contribution in [3.63, 3.8) is 0 Å². The molecule has 0 aromatic heterocycles. The molecule has 2 unspecified atom stereocenters. The second-order valence-electron chi connectivity index (χ2n) is 3.77. The van der Waals surface area contributed by atoms with Crippen molar-refractivity contribution in [3.05, 3.63) is 12.7 Å². The molecular weight excluding hydrogens is 211 g/mol. The van der Waals surface area contributed by atoms with Gasteiger partial charge in [-0.05, 0) is 12.8 Å². The van der Waals surface area contributed by atoms with Crippen molar-refractivity contribution < 1.29 is 14.0 Å². The summed E-state index contributed by atoms with van der Waals surface area (Å²) in [4.78, 5) is 9.47. The number of unbranched alkanes of at least 4 members (excludes halogenated alkanes) is 1. The van der Waals surface area contributed by atoms with Gasteiger partial charge in [-0.15, -0.1) is 6.58 Å². The fourth-order valence-electron chi connectivity index (χ4n) is 1.44. The lowest BCUT2D eigenvalue weighted by Crippen LogP contribution is -2.11. The van der Waals surface area contributed by atoms with Crippen LogP contribution in [0.25, 0.3) is 0 Å². The smallest absolute Gasteiger partial charge is 0.324 e. The third-order valence-electron chi connectivity index (χ3n) is 2.16. The van der Waals surface area contributed by atoms with Crippen molar-refractivity contribution in [1.82, 2.24) is 0 Å². The SMILES string of the molecule is C=CCP(=O)(O)OC(CCC)CCCC. The van der Waals surface area contributed by atoms with Crippen LogP contribution in [-0.2, 0) is 9.09 Å². The first-order chi connectivity index (χ1) is 7.05. The summed E-state index contributed by atoms with van der Waals surface area (Å²) >= 11 is 0. The molecule has 0 aliphatic carbocycles. The quantitative estimate of drug-likeness (QED) is 0.488. The first-order valence-corrected chi connectivity index (χ1v) is 7.43. The van der Waals surface area contributed by atoms with Crippen molar-refractivity contribution >= 4 is 7.60 Å². The van der Waals surface area contributed by atoms with Gasteiger partial charge in [0, 0.05) is 0 Å². The normalized spacial score (nSPS) is 17.0. The zero-order chi connectivity index (χ0) is 11.7. The lowest BCUT2D eigenvalue weighted by Gasteiger charge is -2.20. The van der Waals surface area contributed by atoms with E-state index in [1.807, 2.05) is 0 Å². The molecule has 0 aromatic carbocycles. The van der Waals surface area contributed by atoms with E-state index >= 15 is 0 Å². The summed E-state index contributed by atoms with van der Waals surface area (Å²) in [5.41, 5.74) is 0. The van der Waals surface area contributed by atoms with Crippen molar-refractivity contribution in [2.24, 2.45) is 0 Å². The molecule has 0 aliphatic heterocycles. The summed E-state index contributed by atoms with van der Waals surface area (Å²) in [5, 5.41) is 0. The highest BCUT2D eigenvalue weighted by atomic mass is 31.2. The lowest BCUT2D eigenvalue weighted by atomic mass is 10.1. The third kappa shape index (κ3) is 7.78. The van der Waals surface area contributed by atoms with Crippen LogP contribution in [0.3, 0.4) is 0 Å². The molecule has 0 radical (unpaired) electrons. The first kappa shape index (κ1) is 14.9. The van der Waals surface area contributed by atoms with Crippen LogP contribution in [0.2, 0.25) is 0 Å². The van der Waals surface area contributed by atoms with E-state index in [-0.39, 0.29) is 12.3 Å². The molecule has 90 valence electrons. The van der Waals surface area contributed by atoms with Gasteiger partial charge in [-0.25, -0.2) is 0 Å². The molecule has 0 rings (SSSR count). The van der Waals surface area contributed by atoms with Gasteiger partial charge < -0.3 is 9.42 Å². The molecule has 0 aromatic rings. The molecule has 0 bridgehead atoms. The van der Waals surface area contributed by atoms with Gasteiger partial charge in [0.25, 0.3) is 0 Å². The molecule has 1 N–H and O–H groups in total. The Morgan fingerprint density at radius 3 is 2.53 bits per heavy atom. The molecule has 0 saturated heterocycles. The molecular formula is C11H23O3P. The van der Waals surface area contributed by atoms with Gasteiger partial charge in [0.15, 0.2) is 0 Å². The maximum Gasteiger partial charge on any atom is 0.332 e. The van der Waals surface area contributed by atoms with Crippen LogP contribution >= 0.6 is 7.60 Å². The Hall–Kier alpha value is -0.110. The van der Waals surface area contributed by atoms with Crippen molar-refractivity contribution in [2.45, 2.75) is 52.1 Å². The highest BCUT2D eigenvalue weighted by molar-refractivity contribution is 7.53. The van der Waals surface area contributed by atoms with E-state index in [1.165, 1.54) is 6.08 Å². The molecule has 4 heteroatoms. The van der Waals surface area contributed by atoms with Crippen LogP contribution < -0.4 is 0 Å². The van der Waals surface area contributed by atoms with Crippen molar-refractivity contribution in [3.8, 4) is 0 Å². The minimum absolute atomic E-state index is 0.0410. The number of hydrogen-bond acceptors (Lipinski definition) is 2. The Labute approximate surface area is 93.1 Å². The lowest BCUT2D eigenvalue weighted by molar-refractivity contribution is 0.154. The van der Waals surface area contributed by atoms with E-state index < -0.39 is 7.60 Å². The van der Waals surface area contributed by atoms with E-state index in [0.717, 1.165) is 32.1 Å². The van der Waals surface area contributed by atoms with Gasteiger partial charge in [-0.3, -0.25) is 4.57 Å². The van der Waals surface area contributed by atoms with Crippen molar-refractivity contribution in [2.75, 3.05) is 6.16 Å². The monoisotopic (exact) mass is 234 g/mol. The minimum atomic E-state index is -3.44. The Bertz CT molecular complexity index is 216. The average Bonchev–Trinajstić information content (AvgIpc) is 2.14. The van der Waals surface area contributed by atoms with Crippen LogP contribution in [0.4, 0.5) is 0 Å². The fourth-order valence-corrected chi connectivity index (χ4v) is 2.53. The molecule has 0 saturated carbocycles. The molecule has 3 nitrogen and oxygen atoms in total. The Kier molecular flexibility index (Phi) is 8.03. The molecule has 2 atom stereocenters. The predicted octanol–water partition coefficient (Wildman–Crippen LogP) is 3.73. The van der Waals surface area contributed by atoms with Crippen LogP contribution in [0.1, 0.15) is 46.0 Å². The van der Waals surface area contributed by atoms with Crippen LogP contribution in [-0.4, -0.2) is 17.2 Å². The third-order valence-corrected chi connectivity index (χ3v) is 3.51. The Morgan fingerprint density at radius 2 is 2.07 bits per heavy atom. The number of hydrogen-bond donors (Lipinski definition) is 1. The van der Waals surface area contributed by atoms with E-state index in [0.29, 0.717) is 0 Å². The van der Waals surface area contributed by atoms with Gasteiger partial charge >= 0.3 is 7.60 Å². The highest BCUT2D eigenvalue weighted by Gasteiger charge is 2.22. The molecule has 0 heterocycles. The van der Waals surface area contributed by atoms with Gasteiger partial charge in [-0.1, -0.05) is 39.2 Å². The summed E-state index contributed by atoms with van der Waals surface area (Å²) in [6.45, 7) is 7.61. The number of allylic oxidation sites excluding steroid dienone is 1. The highest BCUT2D eigenvalue weighted by Crippen LogP contribution is 2.44. The van der Waals surface area contributed by atoms with Crippen LogP contribution in [0.5, 0.6) is 0 Å². The van der Waals surface area contributed by atoms with Gasteiger partial charge in [0.1, 0.15) is 0 Å². The molecule has 0 spiro atoms. The topological polar surface area (TPSA) is 46.5 Å². The fraction of sp³-hybridized carbons (Fsp3) is 0.818. The van der Waals surface area contributed by atoms with Gasteiger partial charge in [0.05, 0.1) is 12.3 Å². The van der Waals surface area contributed by atoms with E-state index in [1.54, 1.807) is 0 Å². The summed E-state index contributed by atoms with van der Waals surface area (Å²) in [6.07, 6.45) is 6.21. The number of rotatable bonds is 9. The second-order valence-corrected chi connectivity index (χ2v) is 5.62. The Balaban J connectivity index is 4.12. The van der Waals surface area contributed by atoms with E-state index in [9.17, 15) is 9.46 Å². The van der Waals surface area contributed by atoms with Crippen LogP contribution in [0, 0.1) is 0 Å². The maximum absolute atomic E-state index is 11.5. The van der Waals surface area contributed by atoms with E-state index in [2.05, 4.69) is 20.4 Å². The summed E-state index contributed by atoms with van der Waals surface area (Å²) in [7, 11) is -3.44. The molecule has 0 aliphatic rings. The molecule has 0 fully saturated rings.